The highest BCUT2D eigenvalue weighted by molar-refractivity contribution is 5.88. The second-order valence-electron chi connectivity index (χ2n) is 7.04. The molecule has 0 aliphatic carbocycles. The van der Waals surface area contributed by atoms with Crippen molar-refractivity contribution in [2.24, 2.45) is 0 Å². The Balaban J connectivity index is 2.40. The summed E-state index contributed by atoms with van der Waals surface area (Å²) in [5, 5.41) is 22.1. The van der Waals surface area contributed by atoms with Gasteiger partial charge >= 0.3 is 5.63 Å². The summed E-state index contributed by atoms with van der Waals surface area (Å²) in [5.74, 6) is -1.70. The van der Waals surface area contributed by atoms with Crippen molar-refractivity contribution in [3.63, 3.8) is 0 Å². The van der Waals surface area contributed by atoms with E-state index in [1.807, 2.05) is 13.0 Å². The molecule has 0 spiro atoms. The molecule has 0 saturated heterocycles. The molecule has 1 aliphatic rings. The second-order valence-corrected chi connectivity index (χ2v) is 7.04. The first kappa shape index (κ1) is 17.5. The van der Waals surface area contributed by atoms with E-state index in [0.717, 1.165) is 5.56 Å². The minimum atomic E-state index is -1.93. The molecule has 2 heterocycles. The summed E-state index contributed by atoms with van der Waals surface area (Å²) in [6.45, 7) is 12.8. The van der Waals surface area contributed by atoms with E-state index in [-0.39, 0.29) is 12.2 Å². The lowest BCUT2D eigenvalue weighted by atomic mass is 9.73. The van der Waals surface area contributed by atoms with Crippen LogP contribution in [-0.2, 0) is 5.41 Å². The first-order valence-corrected chi connectivity index (χ1v) is 8.08. The van der Waals surface area contributed by atoms with Gasteiger partial charge in [0.05, 0.1) is 10.9 Å². The van der Waals surface area contributed by atoms with Crippen LogP contribution in [0.1, 0.15) is 31.4 Å². The molecule has 25 heavy (non-hydrogen) atoms. The molecule has 5 nitrogen and oxygen atoms in total. The van der Waals surface area contributed by atoms with E-state index in [4.69, 9.17) is 9.15 Å². The van der Waals surface area contributed by atoms with Gasteiger partial charge in [-0.15, -0.1) is 6.58 Å². The molecule has 1 unspecified atom stereocenters. The fourth-order valence-corrected chi connectivity index (χ4v) is 3.52. The zero-order chi connectivity index (χ0) is 18.6. The van der Waals surface area contributed by atoms with Crippen LogP contribution >= 0.6 is 0 Å². The minimum Gasteiger partial charge on any atom is -0.458 e. The van der Waals surface area contributed by atoms with Crippen LogP contribution in [0.15, 0.2) is 52.2 Å². The van der Waals surface area contributed by atoms with Gasteiger partial charge in [-0.3, -0.25) is 0 Å². The number of fused-ring (bicyclic) bond motifs is 3. The molecule has 0 bridgehead atoms. The van der Waals surface area contributed by atoms with Crippen LogP contribution < -0.4 is 10.4 Å². The van der Waals surface area contributed by atoms with E-state index in [9.17, 15) is 15.0 Å². The van der Waals surface area contributed by atoms with Gasteiger partial charge in [0.1, 0.15) is 17.4 Å². The van der Waals surface area contributed by atoms with E-state index < -0.39 is 22.9 Å². The van der Waals surface area contributed by atoms with Gasteiger partial charge < -0.3 is 19.4 Å². The van der Waals surface area contributed by atoms with E-state index in [2.05, 4.69) is 13.2 Å². The van der Waals surface area contributed by atoms with Gasteiger partial charge in [0.15, 0.2) is 0 Å². The molecule has 3 rings (SSSR count). The summed E-state index contributed by atoms with van der Waals surface area (Å²) in [7, 11) is 0. The van der Waals surface area contributed by atoms with Gasteiger partial charge in [0.2, 0.25) is 5.79 Å². The molecule has 132 valence electrons. The minimum absolute atomic E-state index is 0.0489. The van der Waals surface area contributed by atoms with Crippen molar-refractivity contribution in [1.29, 1.82) is 0 Å². The highest BCUT2D eigenvalue weighted by atomic mass is 16.6. The van der Waals surface area contributed by atoms with Crippen molar-refractivity contribution in [2.45, 2.75) is 44.5 Å². The summed E-state index contributed by atoms with van der Waals surface area (Å²) in [6.07, 6.45) is 0.212. The Kier molecular flexibility index (Phi) is 3.89. The SMILES string of the molecule is C=C[C@@]1(C)C[C@@](O)(C(O)C(=C)C)Oc2c1c(=O)oc1cccc(C)c21. The average Bonchev–Trinajstić information content (AvgIpc) is 2.53. The molecule has 1 aliphatic heterocycles. The Hall–Kier alpha value is -2.37. The molecule has 2 N–H and O–H groups in total. The number of hydrogen-bond acceptors (Lipinski definition) is 5. The maximum absolute atomic E-state index is 12.6. The maximum Gasteiger partial charge on any atom is 0.344 e. The van der Waals surface area contributed by atoms with Crippen LogP contribution in [0.2, 0.25) is 0 Å². The van der Waals surface area contributed by atoms with Crippen molar-refractivity contribution in [3.05, 3.63) is 64.6 Å². The number of aryl methyl sites for hydroxylation is 1. The molecule has 0 amide bonds. The van der Waals surface area contributed by atoms with Crippen LogP contribution in [0, 0.1) is 6.92 Å². The van der Waals surface area contributed by atoms with Crippen molar-refractivity contribution < 1.29 is 19.4 Å². The number of ether oxygens (including phenoxy) is 1. The first-order chi connectivity index (χ1) is 11.6. The Labute approximate surface area is 145 Å². The largest absolute Gasteiger partial charge is 0.458 e. The summed E-state index contributed by atoms with van der Waals surface area (Å²) >= 11 is 0. The zero-order valence-electron chi connectivity index (χ0n) is 14.6. The Bertz CT molecular complexity index is 941. The first-order valence-electron chi connectivity index (χ1n) is 8.08. The Morgan fingerprint density at radius 3 is 2.72 bits per heavy atom. The third-order valence-corrected chi connectivity index (χ3v) is 4.91. The normalized spacial score (nSPS) is 26.6. The van der Waals surface area contributed by atoms with Crippen LogP contribution in [0.3, 0.4) is 0 Å². The standard InChI is InChI=1S/C20H22O5/c1-6-19(5)10-20(23,17(21)11(2)3)25-16-14-12(4)8-7-9-13(14)24-18(22)15(16)19/h6-9,17,21,23H,1-2,10H2,3-5H3/t17?,19-,20-/m0/s1. The molecule has 0 radical (unpaired) electrons. The smallest absolute Gasteiger partial charge is 0.344 e. The number of hydrogen-bond donors (Lipinski definition) is 2. The lowest BCUT2D eigenvalue weighted by Crippen LogP contribution is -2.55. The van der Waals surface area contributed by atoms with Crippen LogP contribution in [-0.4, -0.2) is 22.1 Å². The van der Waals surface area contributed by atoms with Crippen LogP contribution in [0.4, 0.5) is 0 Å². The zero-order valence-corrected chi connectivity index (χ0v) is 14.6. The van der Waals surface area contributed by atoms with E-state index in [1.54, 1.807) is 32.1 Å². The van der Waals surface area contributed by atoms with Crippen LogP contribution in [0.25, 0.3) is 11.0 Å². The lowest BCUT2D eigenvalue weighted by molar-refractivity contribution is -0.212. The molecule has 1 aromatic carbocycles. The van der Waals surface area contributed by atoms with Crippen molar-refractivity contribution in [3.8, 4) is 5.75 Å². The number of benzene rings is 1. The van der Waals surface area contributed by atoms with Gasteiger partial charge in [-0.1, -0.05) is 31.7 Å². The van der Waals surface area contributed by atoms with Crippen molar-refractivity contribution in [1.82, 2.24) is 0 Å². The highest BCUT2D eigenvalue weighted by Crippen LogP contribution is 2.48. The molecule has 2 aromatic rings. The van der Waals surface area contributed by atoms with Gasteiger partial charge in [0, 0.05) is 11.8 Å². The molecular formula is C20H22O5. The average molecular weight is 342 g/mol. The topological polar surface area (TPSA) is 79.9 Å². The number of rotatable bonds is 3. The summed E-state index contributed by atoms with van der Waals surface area (Å²) in [4.78, 5) is 12.6. The predicted octanol–water partition coefficient (Wildman–Crippen LogP) is 2.95. The van der Waals surface area contributed by atoms with Gasteiger partial charge in [-0.05, 0) is 31.1 Å². The number of aliphatic hydroxyl groups is 2. The maximum atomic E-state index is 12.6. The Morgan fingerprint density at radius 2 is 2.12 bits per heavy atom. The van der Waals surface area contributed by atoms with Gasteiger partial charge in [0.25, 0.3) is 0 Å². The summed E-state index contributed by atoms with van der Waals surface area (Å²) in [5.41, 5.74) is 0.379. The van der Waals surface area contributed by atoms with E-state index >= 15 is 0 Å². The number of aliphatic hydroxyl groups excluding tert-OH is 1. The summed E-state index contributed by atoms with van der Waals surface area (Å²) in [6, 6.07) is 5.30. The molecule has 0 fully saturated rings. The van der Waals surface area contributed by atoms with Gasteiger partial charge in [-0.25, -0.2) is 4.79 Å². The quantitative estimate of drug-likeness (QED) is 0.662. The van der Waals surface area contributed by atoms with Crippen molar-refractivity contribution in [2.75, 3.05) is 0 Å². The van der Waals surface area contributed by atoms with E-state index in [1.165, 1.54) is 0 Å². The summed E-state index contributed by atoms with van der Waals surface area (Å²) < 4.78 is 11.3. The van der Waals surface area contributed by atoms with Crippen molar-refractivity contribution >= 4 is 11.0 Å². The second kappa shape index (κ2) is 5.58. The Morgan fingerprint density at radius 1 is 1.44 bits per heavy atom. The van der Waals surface area contributed by atoms with Crippen LogP contribution in [0.5, 0.6) is 5.75 Å². The predicted molar refractivity (Wildman–Crippen MR) is 95.8 cm³/mol. The monoisotopic (exact) mass is 342 g/mol. The molecule has 3 atom stereocenters. The van der Waals surface area contributed by atoms with Gasteiger partial charge in [-0.2, -0.15) is 0 Å². The molecule has 0 saturated carbocycles. The lowest BCUT2D eigenvalue weighted by Gasteiger charge is -2.44. The fourth-order valence-electron chi connectivity index (χ4n) is 3.52. The molecular weight excluding hydrogens is 320 g/mol. The highest BCUT2D eigenvalue weighted by Gasteiger charge is 2.51. The third kappa shape index (κ3) is 2.51. The molecule has 5 heteroatoms. The van der Waals surface area contributed by atoms with E-state index in [0.29, 0.717) is 22.1 Å². The molecule has 1 aromatic heterocycles. The third-order valence-electron chi connectivity index (χ3n) is 4.91. The fraction of sp³-hybridized carbons (Fsp3) is 0.350. The number of allylic oxidation sites excluding steroid dienone is 1.